The van der Waals surface area contributed by atoms with Crippen LogP contribution in [0.3, 0.4) is 0 Å². The van der Waals surface area contributed by atoms with Crippen LogP contribution in [0.4, 0.5) is 0 Å². The topological polar surface area (TPSA) is 29.5 Å². The van der Waals surface area contributed by atoms with Crippen LogP contribution >= 0.6 is 43.2 Å². The van der Waals surface area contributed by atoms with E-state index in [9.17, 15) is 4.79 Å². The molecule has 3 nitrogen and oxygen atoms in total. The second kappa shape index (κ2) is 5.61. The number of thiophene rings is 1. The van der Waals surface area contributed by atoms with Gasteiger partial charge in [-0.3, -0.25) is 4.79 Å². The van der Waals surface area contributed by atoms with Crippen molar-refractivity contribution < 1.29 is 9.53 Å². The lowest BCUT2D eigenvalue weighted by Gasteiger charge is -2.42. The summed E-state index contributed by atoms with van der Waals surface area (Å²) in [5.74, 6) is 0.0827. The highest BCUT2D eigenvalue weighted by Crippen LogP contribution is 2.26. The molecule has 0 bridgehead atoms. The number of halogens is 2. The van der Waals surface area contributed by atoms with Crippen LogP contribution in [0.5, 0.6) is 0 Å². The second-order valence-corrected chi connectivity index (χ2v) is 7.92. The summed E-state index contributed by atoms with van der Waals surface area (Å²) in [6.07, 6.45) is 0.0553. The number of carbonyl (C=O) groups is 1. The average molecular weight is 397 g/mol. The number of amides is 1. The zero-order valence-electron chi connectivity index (χ0n) is 10.3. The van der Waals surface area contributed by atoms with Crippen LogP contribution in [0.25, 0.3) is 0 Å². The minimum absolute atomic E-state index is 0.0553. The Morgan fingerprint density at radius 1 is 1.67 bits per heavy atom. The van der Waals surface area contributed by atoms with Gasteiger partial charge in [0.2, 0.25) is 0 Å². The summed E-state index contributed by atoms with van der Waals surface area (Å²) in [7, 11) is 0. The Morgan fingerprint density at radius 2 is 2.39 bits per heavy atom. The summed E-state index contributed by atoms with van der Waals surface area (Å²) in [5.41, 5.74) is 0.456. The van der Waals surface area contributed by atoms with Crippen molar-refractivity contribution in [1.29, 1.82) is 0 Å². The van der Waals surface area contributed by atoms with Crippen molar-refractivity contribution in [3.8, 4) is 0 Å². The number of nitrogens with zero attached hydrogens (tertiary/aromatic N) is 1. The van der Waals surface area contributed by atoms with Gasteiger partial charge in [0, 0.05) is 23.8 Å². The predicted molar refractivity (Wildman–Crippen MR) is 80.7 cm³/mol. The first-order chi connectivity index (χ1) is 8.41. The van der Waals surface area contributed by atoms with E-state index >= 15 is 0 Å². The molecule has 0 spiro atoms. The van der Waals surface area contributed by atoms with E-state index in [-0.39, 0.29) is 17.6 Å². The molecule has 1 amide bonds. The third-order valence-electron chi connectivity index (χ3n) is 2.76. The lowest BCUT2D eigenvalue weighted by Crippen LogP contribution is -2.55. The molecule has 2 rings (SSSR count). The van der Waals surface area contributed by atoms with Gasteiger partial charge in [-0.1, -0.05) is 15.9 Å². The zero-order valence-corrected chi connectivity index (χ0v) is 14.3. The van der Waals surface area contributed by atoms with Crippen LogP contribution in [-0.4, -0.2) is 40.9 Å². The van der Waals surface area contributed by atoms with Gasteiger partial charge in [-0.05, 0) is 35.8 Å². The Bertz CT molecular complexity index is 447. The molecule has 1 aliphatic heterocycles. The third-order valence-corrected chi connectivity index (χ3v) is 4.98. The molecular formula is C12H15Br2NO2S. The van der Waals surface area contributed by atoms with E-state index in [4.69, 9.17) is 4.74 Å². The molecule has 1 fully saturated rings. The van der Waals surface area contributed by atoms with Gasteiger partial charge in [0.15, 0.2) is 0 Å². The Kier molecular flexibility index (Phi) is 4.52. The number of rotatable bonds is 2. The fourth-order valence-corrected chi connectivity index (χ4v) is 3.60. The molecule has 2 heterocycles. The van der Waals surface area contributed by atoms with Crippen LogP contribution in [0.2, 0.25) is 0 Å². The van der Waals surface area contributed by atoms with E-state index in [0.717, 1.165) is 14.7 Å². The summed E-state index contributed by atoms with van der Waals surface area (Å²) in [6.45, 7) is 5.31. The van der Waals surface area contributed by atoms with Gasteiger partial charge in [-0.2, -0.15) is 0 Å². The van der Waals surface area contributed by atoms with Gasteiger partial charge < -0.3 is 9.64 Å². The summed E-state index contributed by atoms with van der Waals surface area (Å²) in [6, 6.07) is 1.87. The Labute approximate surface area is 128 Å². The number of carbonyl (C=O) groups excluding carboxylic acids is 1. The molecule has 0 saturated carbocycles. The summed E-state index contributed by atoms with van der Waals surface area (Å²) >= 11 is 8.35. The Balaban J connectivity index is 2.14. The molecule has 1 aromatic rings. The molecule has 18 heavy (non-hydrogen) atoms. The Hall–Kier alpha value is 0.0900. The van der Waals surface area contributed by atoms with Crippen LogP contribution in [0.15, 0.2) is 15.2 Å². The van der Waals surface area contributed by atoms with Crippen LogP contribution < -0.4 is 0 Å². The molecule has 0 aliphatic carbocycles. The van der Waals surface area contributed by atoms with E-state index < -0.39 is 0 Å². The van der Waals surface area contributed by atoms with Gasteiger partial charge in [-0.25, -0.2) is 0 Å². The highest BCUT2D eigenvalue weighted by atomic mass is 79.9. The zero-order chi connectivity index (χ0) is 13.3. The maximum Gasteiger partial charge on any atom is 0.254 e. The minimum Gasteiger partial charge on any atom is -0.368 e. The second-order valence-electron chi connectivity index (χ2n) is 4.98. The summed E-state index contributed by atoms with van der Waals surface area (Å²) in [4.78, 5) is 14.3. The number of ether oxygens (including phenoxy) is 1. The van der Waals surface area contributed by atoms with E-state index in [1.54, 1.807) is 0 Å². The SMILES string of the molecule is CC1(C)CN(C(=O)c2csc(Br)c2)CC(CBr)O1. The molecule has 1 aliphatic rings. The molecule has 0 aromatic carbocycles. The highest BCUT2D eigenvalue weighted by molar-refractivity contribution is 9.11. The van der Waals surface area contributed by atoms with Gasteiger partial charge in [-0.15, -0.1) is 11.3 Å². The molecule has 1 saturated heterocycles. The fourth-order valence-electron chi connectivity index (χ4n) is 2.14. The predicted octanol–water partition coefficient (Wildman–Crippen LogP) is 3.53. The van der Waals surface area contributed by atoms with Crippen molar-refractivity contribution in [3.63, 3.8) is 0 Å². The average Bonchev–Trinajstić information content (AvgIpc) is 2.72. The maximum absolute atomic E-state index is 12.4. The number of hydrogen-bond donors (Lipinski definition) is 0. The van der Waals surface area contributed by atoms with Gasteiger partial charge in [0.25, 0.3) is 5.91 Å². The van der Waals surface area contributed by atoms with Gasteiger partial charge in [0.1, 0.15) is 0 Å². The molecule has 0 N–H and O–H groups in total. The third kappa shape index (κ3) is 3.35. The van der Waals surface area contributed by atoms with Crippen molar-refractivity contribution in [1.82, 2.24) is 4.90 Å². The van der Waals surface area contributed by atoms with Gasteiger partial charge in [0.05, 0.1) is 21.1 Å². The molecule has 1 unspecified atom stereocenters. The molecule has 6 heteroatoms. The van der Waals surface area contributed by atoms with Crippen molar-refractivity contribution in [3.05, 3.63) is 20.8 Å². The molecule has 100 valence electrons. The number of alkyl halides is 1. The number of hydrogen-bond acceptors (Lipinski definition) is 3. The van der Waals surface area contributed by atoms with Crippen molar-refractivity contribution in [2.45, 2.75) is 25.6 Å². The molecule has 1 aromatic heterocycles. The number of morpholine rings is 1. The minimum atomic E-state index is -0.292. The van der Waals surface area contributed by atoms with Crippen molar-refractivity contribution in [2.24, 2.45) is 0 Å². The van der Waals surface area contributed by atoms with Crippen molar-refractivity contribution >= 4 is 49.1 Å². The highest BCUT2D eigenvalue weighted by Gasteiger charge is 2.35. The summed E-state index contributed by atoms with van der Waals surface area (Å²) < 4.78 is 6.88. The quantitative estimate of drug-likeness (QED) is 0.715. The van der Waals surface area contributed by atoms with Crippen molar-refractivity contribution in [2.75, 3.05) is 18.4 Å². The molecular weight excluding hydrogens is 382 g/mol. The Morgan fingerprint density at radius 3 is 2.94 bits per heavy atom. The van der Waals surface area contributed by atoms with E-state index in [0.29, 0.717) is 13.1 Å². The smallest absolute Gasteiger partial charge is 0.254 e. The monoisotopic (exact) mass is 395 g/mol. The normalized spacial score (nSPS) is 23.1. The van der Waals surface area contributed by atoms with Crippen LogP contribution in [0.1, 0.15) is 24.2 Å². The van der Waals surface area contributed by atoms with E-state index in [2.05, 4.69) is 31.9 Å². The van der Waals surface area contributed by atoms with Gasteiger partial charge >= 0.3 is 0 Å². The first kappa shape index (κ1) is 14.5. The molecule has 1 atom stereocenters. The lowest BCUT2D eigenvalue weighted by molar-refractivity contribution is -0.116. The standard InChI is InChI=1S/C12H15Br2NO2S/c1-12(2)7-15(5-9(4-13)17-12)11(16)8-3-10(14)18-6-8/h3,6,9H,4-5,7H2,1-2H3. The fraction of sp³-hybridized carbons (Fsp3) is 0.583. The van der Waals surface area contributed by atoms with E-state index in [1.807, 2.05) is 30.2 Å². The maximum atomic E-state index is 12.4. The van der Waals surface area contributed by atoms with E-state index in [1.165, 1.54) is 11.3 Å². The first-order valence-electron chi connectivity index (χ1n) is 5.68. The first-order valence-corrected chi connectivity index (χ1v) is 8.48. The van der Waals surface area contributed by atoms with Crippen LogP contribution in [0, 0.1) is 0 Å². The largest absolute Gasteiger partial charge is 0.368 e. The van der Waals surface area contributed by atoms with Crippen LogP contribution in [-0.2, 0) is 4.74 Å². The molecule has 0 radical (unpaired) electrons. The summed E-state index contributed by atoms with van der Waals surface area (Å²) in [5, 5.41) is 2.63. The lowest BCUT2D eigenvalue weighted by atomic mass is 10.0.